The molecule has 1 rings (SSSR count). The molecule has 0 heterocycles. The summed E-state index contributed by atoms with van der Waals surface area (Å²) in [5.74, 6) is 0. The lowest BCUT2D eigenvalue weighted by molar-refractivity contribution is 0.000543. The molecule has 0 saturated heterocycles. The Morgan fingerprint density at radius 1 is 1.27 bits per heavy atom. The highest BCUT2D eigenvalue weighted by Gasteiger charge is 2.52. The molecule has 11 heavy (non-hydrogen) atoms. The van der Waals surface area contributed by atoms with Crippen molar-refractivity contribution in [2.24, 2.45) is 11.1 Å². The van der Waals surface area contributed by atoms with Crippen molar-refractivity contribution in [1.29, 1.82) is 0 Å². The SMILES string of the molecule is CC1(C)CCCC1(N)C(F)F. The first-order chi connectivity index (χ1) is 4.90. The number of alkyl halides is 2. The van der Waals surface area contributed by atoms with Crippen LogP contribution in [0.4, 0.5) is 8.78 Å². The Hall–Kier alpha value is -0.180. The first kappa shape index (κ1) is 8.91. The molecule has 66 valence electrons. The minimum atomic E-state index is -2.39. The minimum Gasteiger partial charge on any atom is -0.320 e. The predicted molar refractivity (Wildman–Crippen MR) is 40.6 cm³/mol. The van der Waals surface area contributed by atoms with Crippen LogP contribution in [0.5, 0.6) is 0 Å². The van der Waals surface area contributed by atoms with E-state index in [2.05, 4.69) is 0 Å². The molecule has 0 aromatic heterocycles. The summed E-state index contributed by atoms with van der Waals surface area (Å²) < 4.78 is 25.0. The average molecular weight is 163 g/mol. The van der Waals surface area contributed by atoms with E-state index >= 15 is 0 Å². The standard InChI is InChI=1S/C8H15F2N/c1-7(2)4-3-5-8(7,11)6(9)10/h6H,3-5,11H2,1-2H3. The van der Waals surface area contributed by atoms with E-state index in [0.29, 0.717) is 6.42 Å². The number of rotatable bonds is 1. The molecule has 0 bridgehead atoms. The lowest BCUT2D eigenvalue weighted by Crippen LogP contribution is -2.54. The molecule has 2 N–H and O–H groups in total. The van der Waals surface area contributed by atoms with Crippen molar-refractivity contribution in [3.8, 4) is 0 Å². The van der Waals surface area contributed by atoms with Crippen molar-refractivity contribution in [3.63, 3.8) is 0 Å². The van der Waals surface area contributed by atoms with Crippen molar-refractivity contribution in [1.82, 2.24) is 0 Å². The van der Waals surface area contributed by atoms with Gasteiger partial charge in [0.1, 0.15) is 0 Å². The summed E-state index contributed by atoms with van der Waals surface area (Å²) in [6.45, 7) is 3.65. The monoisotopic (exact) mass is 163 g/mol. The Morgan fingerprint density at radius 2 is 1.82 bits per heavy atom. The molecule has 0 amide bonds. The number of hydrogen-bond donors (Lipinski definition) is 1. The molecular weight excluding hydrogens is 148 g/mol. The molecular formula is C8H15F2N. The van der Waals surface area contributed by atoms with E-state index in [1.807, 2.05) is 13.8 Å². The molecule has 1 saturated carbocycles. The largest absolute Gasteiger partial charge is 0.320 e. The zero-order valence-electron chi connectivity index (χ0n) is 7.03. The molecule has 0 aromatic carbocycles. The van der Waals surface area contributed by atoms with Crippen molar-refractivity contribution in [2.75, 3.05) is 0 Å². The van der Waals surface area contributed by atoms with Crippen LogP contribution >= 0.6 is 0 Å². The molecule has 0 aliphatic heterocycles. The first-order valence-electron chi connectivity index (χ1n) is 3.97. The lowest BCUT2D eigenvalue weighted by Gasteiger charge is -2.37. The molecule has 0 aromatic rings. The maximum Gasteiger partial charge on any atom is 0.256 e. The molecule has 3 heteroatoms. The quantitative estimate of drug-likeness (QED) is 0.629. The van der Waals surface area contributed by atoms with Crippen molar-refractivity contribution < 1.29 is 8.78 Å². The van der Waals surface area contributed by atoms with Crippen LogP contribution in [0.25, 0.3) is 0 Å². The van der Waals surface area contributed by atoms with Crippen LogP contribution < -0.4 is 5.73 Å². The molecule has 1 aliphatic carbocycles. The Balaban J connectivity index is 2.84. The van der Waals surface area contributed by atoms with Crippen molar-refractivity contribution in [2.45, 2.75) is 45.1 Å². The normalized spacial score (nSPS) is 36.5. The summed E-state index contributed by atoms with van der Waals surface area (Å²) in [4.78, 5) is 0. The van der Waals surface area contributed by atoms with Crippen molar-refractivity contribution in [3.05, 3.63) is 0 Å². The van der Waals surface area contributed by atoms with Gasteiger partial charge in [-0.15, -0.1) is 0 Å². The number of halogens is 2. The molecule has 1 unspecified atom stereocenters. The summed E-state index contributed by atoms with van der Waals surface area (Å²) in [5, 5.41) is 0. The Morgan fingerprint density at radius 3 is 2.00 bits per heavy atom. The van der Waals surface area contributed by atoms with Crippen molar-refractivity contribution >= 4 is 0 Å². The Kier molecular flexibility index (Phi) is 1.95. The van der Waals surface area contributed by atoms with Gasteiger partial charge in [0.15, 0.2) is 0 Å². The van der Waals surface area contributed by atoms with Gasteiger partial charge in [0.2, 0.25) is 0 Å². The van der Waals surface area contributed by atoms with Gasteiger partial charge in [-0.05, 0) is 18.3 Å². The third kappa shape index (κ3) is 1.15. The van der Waals surface area contributed by atoms with Gasteiger partial charge in [-0.3, -0.25) is 0 Å². The van der Waals surface area contributed by atoms with Gasteiger partial charge in [0.25, 0.3) is 6.43 Å². The summed E-state index contributed by atoms with van der Waals surface area (Å²) >= 11 is 0. The van der Waals surface area contributed by atoms with E-state index in [1.165, 1.54) is 0 Å². The summed E-state index contributed by atoms with van der Waals surface area (Å²) in [6, 6.07) is 0. The zero-order chi connectivity index (χ0) is 8.70. The van der Waals surface area contributed by atoms with E-state index < -0.39 is 17.4 Å². The van der Waals surface area contributed by atoms with Crippen LogP contribution in [0.3, 0.4) is 0 Å². The van der Waals surface area contributed by atoms with Gasteiger partial charge < -0.3 is 5.73 Å². The van der Waals surface area contributed by atoms with Gasteiger partial charge >= 0.3 is 0 Å². The Bertz CT molecular complexity index is 156. The maximum absolute atomic E-state index is 12.5. The van der Waals surface area contributed by atoms with Crippen LogP contribution in [-0.4, -0.2) is 12.0 Å². The lowest BCUT2D eigenvalue weighted by atomic mass is 9.76. The van der Waals surface area contributed by atoms with Crippen LogP contribution in [-0.2, 0) is 0 Å². The highest BCUT2D eigenvalue weighted by molar-refractivity contribution is 5.04. The number of nitrogens with two attached hydrogens (primary N) is 1. The smallest absolute Gasteiger partial charge is 0.256 e. The topological polar surface area (TPSA) is 26.0 Å². The molecule has 1 fully saturated rings. The third-order valence-electron chi connectivity index (χ3n) is 3.04. The minimum absolute atomic E-state index is 0.402. The summed E-state index contributed by atoms with van der Waals surface area (Å²) in [7, 11) is 0. The van der Waals surface area contributed by atoms with E-state index in [9.17, 15) is 8.78 Å². The fourth-order valence-electron chi connectivity index (χ4n) is 1.80. The van der Waals surface area contributed by atoms with E-state index in [1.54, 1.807) is 0 Å². The van der Waals surface area contributed by atoms with Gasteiger partial charge in [0.05, 0.1) is 5.54 Å². The second kappa shape index (κ2) is 2.41. The Labute approximate surface area is 66.0 Å². The van der Waals surface area contributed by atoms with Gasteiger partial charge in [-0.1, -0.05) is 20.3 Å². The highest BCUT2D eigenvalue weighted by Crippen LogP contribution is 2.47. The molecule has 1 aliphatic rings. The fraction of sp³-hybridized carbons (Fsp3) is 1.00. The van der Waals surface area contributed by atoms with Crippen LogP contribution in [0.15, 0.2) is 0 Å². The summed E-state index contributed by atoms with van der Waals surface area (Å²) in [6.07, 6.45) is -0.292. The highest BCUT2D eigenvalue weighted by atomic mass is 19.3. The van der Waals surface area contributed by atoms with E-state index in [0.717, 1.165) is 12.8 Å². The fourth-order valence-corrected chi connectivity index (χ4v) is 1.80. The zero-order valence-corrected chi connectivity index (χ0v) is 7.03. The van der Waals surface area contributed by atoms with Gasteiger partial charge in [-0.25, -0.2) is 8.78 Å². The number of hydrogen-bond acceptors (Lipinski definition) is 1. The average Bonchev–Trinajstić information content (AvgIpc) is 2.09. The van der Waals surface area contributed by atoms with Crippen LogP contribution in [0, 0.1) is 5.41 Å². The molecule has 0 radical (unpaired) electrons. The van der Waals surface area contributed by atoms with E-state index in [-0.39, 0.29) is 0 Å². The van der Waals surface area contributed by atoms with Gasteiger partial charge in [-0.2, -0.15) is 0 Å². The predicted octanol–water partition coefficient (Wildman–Crippen LogP) is 2.16. The van der Waals surface area contributed by atoms with Crippen LogP contribution in [0.2, 0.25) is 0 Å². The molecule has 1 nitrogen and oxygen atoms in total. The second-order valence-electron chi connectivity index (χ2n) is 4.08. The third-order valence-corrected chi connectivity index (χ3v) is 3.04. The van der Waals surface area contributed by atoms with E-state index in [4.69, 9.17) is 5.73 Å². The maximum atomic E-state index is 12.5. The van der Waals surface area contributed by atoms with Gasteiger partial charge in [0, 0.05) is 0 Å². The summed E-state index contributed by atoms with van der Waals surface area (Å²) in [5.41, 5.74) is 3.98. The first-order valence-corrected chi connectivity index (χ1v) is 3.97. The van der Waals surface area contributed by atoms with Crippen LogP contribution in [0.1, 0.15) is 33.1 Å². The molecule has 0 spiro atoms. The molecule has 1 atom stereocenters. The second-order valence-corrected chi connectivity index (χ2v) is 4.08.